The highest BCUT2D eigenvalue weighted by molar-refractivity contribution is 6.34. The van der Waals surface area contributed by atoms with Gasteiger partial charge in [0.05, 0.1) is 22.1 Å². The lowest BCUT2D eigenvalue weighted by Gasteiger charge is -2.08. The SMILES string of the molecule is O=C(CNC(=O)c1cc([N+](=O)[O-])ccc1Cl)Nc1cccc(O)c1. The second-order valence-electron chi connectivity index (χ2n) is 4.70. The number of amides is 2. The van der Waals surface area contributed by atoms with E-state index >= 15 is 0 Å². The number of carbonyl (C=O) groups excluding carboxylic acids is 2. The molecule has 0 aliphatic heterocycles. The van der Waals surface area contributed by atoms with Crippen molar-refractivity contribution in [3.63, 3.8) is 0 Å². The molecule has 0 radical (unpaired) electrons. The predicted octanol–water partition coefficient (Wildman–Crippen LogP) is 2.32. The van der Waals surface area contributed by atoms with E-state index in [1.807, 2.05) is 0 Å². The number of hydrogen-bond acceptors (Lipinski definition) is 5. The lowest BCUT2D eigenvalue weighted by Crippen LogP contribution is -2.33. The zero-order chi connectivity index (χ0) is 17.7. The number of phenolic OH excluding ortho intramolecular Hbond substituents is 1. The maximum Gasteiger partial charge on any atom is 0.270 e. The van der Waals surface area contributed by atoms with E-state index in [2.05, 4.69) is 10.6 Å². The van der Waals surface area contributed by atoms with Crippen LogP contribution in [0.15, 0.2) is 42.5 Å². The van der Waals surface area contributed by atoms with E-state index in [4.69, 9.17) is 11.6 Å². The maximum atomic E-state index is 12.0. The third-order valence-electron chi connectivity index (χ3n) is 2.94. The molecular formula is C15H12ClN3O5. The Morgan fingerprint density at radius 2 is 1.96 bits per heavy atom. The number of nitrogens with zero attached hydrogens (tertiary/aromatic N) is 1. The van der Waals surface area contributed by atoms with Crippen molar-refractivity contribution in [1.29, 1.82) is 0 Å². The molecule has 24 heavy (non-hydrogen) atoms. The highest BCUT2D eigenvalue weighted by Gasteiger charge is 2.16. The smallest absolute Gasteiger partial charge is 0.270 e. The normalized spacial score (nSPS) is 10.0. The molecule has 2 aromatic carbocycles. The third-order valence-corrected chi connectivity index (χ3v) is 3.27. The van der Waals surface area contributed by atoms with Crippen LogP contribution in [0.4, 0.5) is 11.4 Å². The van der Waals surface area contributed by atoms with Crippen molar-refractivity contribution < 1.29 is 19.6 Å². The van der Waals surface area contributed by atoms with Crippen molar-refractivity contribution in [1.82, 2.24) is 5.32 Å². The molecule has 3 N–H and O–H groups in total. The molecule has 124 valence electrons. The standard InChI is InChI=1S/C15H12ClN3O5/c16-13-5-4-10(19(23)24)7-12(13)15(22)17-8-14(21)18-9-2-1-3-11(20)6-9/h1-7,20H,8H2,(H,17,22)(H,18,21). The molecule has 0 saturated heterocycles. The Bertz CT molecular complexity index is 809. The van der Waals surface area contributed by atoms with Crippen LogP contribution in [0.3, 0.4) is 0 Å². The van der Waals surface area contributed by atoms with Crippen molar-refractivity contribution in [2.24, 2.45) is 0 Å². The fourth-order valence-electron chi connectivity index (χ4n) is 1.85. The van der Waals surface area contributed by atoms with Crippen LogP contribution in [0.2, 0.25) is 5.02 Å². The molecule has 0 bridgehead atoms. The fraction of sp³-hybridized carbons (Fsp3) is 0.0667. The first-order valence-electron chi connectivity index (χ1n) is 6.68. The van der Waals surface area contributed by atoms with Crippen LogP contribution in [0.5, 0.6) is 5.75 Å². The summed E-state index contributed by atoms with van der Waals surface area (Å²) in [6.07, 6.45) is 0. The van der Waals surface area contributed by atoms with Gasteiger partial charge in [-0.05, 0) is 18.2 Å². The van der Waals surface area contributed by atoms with Gasteiger partial charge in [0, 0.05) is 23.9 Å². The minimum Gasteiger partial charge on any atom is -0.508 e. The number of non-ortho nitro benzene ring substituents is 1. The molecule has 2 aromatic rings. The second kappa shape index (κ2) is 7.42. The molecule has 0 heterocycles. The Hall–Kier alpha value is -3.13. The summed E-state index contributed by atoms with van der Waals surface area (Å²) in [5, 5.41) is 24.9. The van der Waals surface area contributed by atoms with Crippen LogP contribution in [-0.4, -0.2) is 28.4 Å². The van der Waals surface area contributed by atoms with Crippen LogP contribution in [0.25, 0.3) is 0 Å². The Morgan fingerprint density at radius 1 is 1.21 bits per heavy atom. The largest absolute Gasteiger partial charge is 0.508 e. The molecule has 0 unspecified atom stereocenters. The number of nitro benzene ring substituents is 1. The van der Waals surface area contributed by atoms with Gasteiger partial charge in [-0.25, -0.2) is 0 Å². The molecule has 0 fully saturated rings. The zero-order valence-corrected chi connectivity index (χ0v) is 12.9. The van der Waals surface area contributed by atoms with Gasteiger partial charge in [0.25, 0.3) is 11.6 Å². The summed E-state index contributed by atoms with van der Waals surface area (Å²) in [6, 6.07) is 9.35. The van der Waals surface area contributed by atoms with Crippen molar-refractivity contribution in [3.8, 4) is 5.75 Å². The number of anilines is 1. The molecule has 0 saturated carbocycles. The number of nitro groups is 1. The van der Waals surface area contributed by atoms with Crippen LogP contribution < -0.4 is 10.6 Å². The van der Waals surface area contributed by atoms with Crippen LogP contribution in [0.1, 0.15) is 10.4 Å². The van der Waals surface area contributed by atoms with Crippen molar-refractivity contribution in [3.05, 3.63) is 63.2 Å². The minimum atomic E-state index is -0.713. The van der Waals surface area contributed by atoms with Gasteiger partial charge in [-0.2, -0.15) is 0 Å². The van der Waals surface area contributed by atoms with E-state index in [9.17, 15) is 24.8 Å². The van der Waals surface area contributed by atoms with E-state index in [1.165, 1.54) is 24.3 Å². The number of phenols is 1. The van der Waals surface area contributed by atoms with Gasteiger partial charge in [-0.15, -0.1) is 0 Å². The van der Waals surface area contributed by atoms with Crippen molar-refractivity contribution in [2.45, 2.75) is 0 Å². The molecule has 0 aliphatic carbocycles. The number of nitrogens with one attached hydrogen (secondary N) is 2. The number of hydrogen-bond donors (Lipinski definition) is 3. The van der Waals surface area contributed by atoms with Gasteiger partial charge >= 0.3 is 0 Å². The molecule has 8 nitrogen and oxygen atoms in total. The highest BCUT2D eigenvalue weighted by Crippen LogP contribution is 2.22. The molecule has 9 heteroatoms. The molecule has 2 amide bonds. The molecule has 2 rings (SSSR count). The second-order valence-corrected chi connectivity index (χ2v) is 5.11. The van der Waals surface area contributed by atoms with Gasteiger partial charge < -0.3 is 15.7 Å². The van der Waals surface area contributed by atoms with Crippen LogP contribution >= 0.6 is 11.6 Å². The average molecular weight is 350 g/mol. The van der Waals surface area contributed by atoms with Gasteiger partial charge in [-0.1, -0.05) is 17.7 Å². The van der Waals surface area contributed by atoms with Crippen LogP contribution in [-0.2, 0) is 4.79 Å². The minimum absolute atomic E-state index is 0.0137. The number of carbonyl (C=O) groups is 2. The topological polar surface area (TPSA) is 122 Å². The molecule has 0 aliphatic rings. The molecule has 0 atom stereocenters. The Kier molecular flexibility index (Phi) is 5.33. The van der Waals surface area contributed by atoms with Gasteiger partial charge in [0.2, 0.25) is 5.91 Å². The van der Waals surface area contributed by atoms with E-state index < -0.39 is 16.7 Å². The van der Waals surface area contributed by atoms with E-state index in [0.29, 0.717) is 5.69 Å². The van der Waals surface area contributed by atoms with Crippen molar-refractivity contribution in [2.75, 3.05) is 11.9 Å². The van der Waals surface area contributed by atoms with Gasteiger partial charge in [0.15, 0.2) is 0 Å². The number of rotatable bonds is 5. The van der Waals surface area contributed by atoms with Gasteiger partial charge in [0.1, 0.15) is 5.75 Å². The maximum absolute atomic E-state index is 12.0. The Balaban J connectivity index is 1.99. The Morgan fingerprint density at radius 3 is 2.62 bits per heavy atom. The summed E-state index contributed by atoms with van der Waals surface area (Å²) in [6.45, 7) is -0.368. The monoisotopic (exact) mass is 349 g/mol. The number of halogens is 1. The number of aromatic hydroxyl groups is 1. The molecular weight excluding hydrogens is 338 g/mol. The quantitative estimate of drug-likeness (QED) is 0.565. The average Bonchev–Trinajstić information content (AvgIpc) is 2.52. The fourth-order valence-corrected chi connectivity index (χ4v) is 2.05. The molecule has 0 aromatic heterocycles. The van der Waals surface area contributed by atoms with E-state index in [1.54, 1.807) is 12.1 Å². The predicted molar refractivity (Wildman–Crippen MR) is 87.2 cm³/mol. The summed E-state index contributed by atoms with van der Waals surface area (Å²) in [5.41, 5.74) is -0.0209. The lowest BCUT2D eigenvalue weighted by atomic mass is 10.2. The lowest BCUT2D eigenvalue weighted by molar-refractivity contribution is -0.384. The highest BCUT2D eigenvalue weighted by atomic mass is 35.5. The van der Waals surface area contributed by atoms with E-state index in [-0.39, 0.29) is 28.6 Å². The summed E-state index contributed by atoms with van der Waals surface area (Å²) in [7, 11) is 0. The summed E-state index contributed by atoms with van der Waals surface area (Å²) < 4.78 is 0. The Labute approximate surface area is 141 Å². The number of benzene rings is 2. The van der Waals surface area contributed by atoms with Gasteiger partial charge in [-0.3, -0.25) is 19.7 Å². The van der Waals surface area contributed by atoms with Crippen molar-refractivity contribution >= 4 is 34.8 Å². The zero-order valence-electron chi connectivity index (χ0n) is 12.2. The summed E-state index contributed by atoms with van der Waals surface area (Å²) in [5.74, 6) is -1.26. The van der Waals surface area contributed by atoms with E-state index in [0.717, 1.165) is 6.07 Å². The first-order valence-corrected chi connectivity index (χ1v) is 7.05. The molecule has 0 spiro atoms. The third kappa shape index (κ3) is 4.43. The summed E-state index contributed by atoms with van der Waals surface area (Å²) in [4.78, 5) is 33.9. The van der Waals surface area contributed by atoms with Crippen LogP contribution in [0, 0.1) is 10.1 Å². The first-order chi connectivity index (χ1) is 11.4. The first kappa shape index (κ1) is 17.2. The summed E-state index contributed by atoms with van der Waals surface area (Å²) >= 11 is 5.85.